The van der Waals surface area contributed by atoms with Crippen LogP contribution >= 0.6 is 0 Å². The number of carbonyl (C=O) groups excluding carboxylic acids is 1. The Morgan fingerprint density at radius 3 is 2.62 bits per heavy atom. The van der Waals surface area contributed by atoms with E-state index >= 15 is 0 Å². The molecule has 2 aliphatic rings. The number of likely N-dealkylation sites (tertiary alicyclic amines) is 1. The van der Waals surface area contributed by atoms with Gasteiger partial charge in [-0.3, -0.25) is 4.79 Å². The van der Waals surface area contributed by atoms with Gasteiger partial charge in [0.1, 0.15) is 11.1 Å². The number of nitrogens with zero attached hydrogens (tertiary/aromatic N) is 2. The molecule has 0 radical (unpaired) electrons. The Balaban J connectivity index is 1.32. The molecule has 0 N–H and O–H groups in total. The zero-order valence-electron chi connectivity index (χ0n) is 18.0. The lowest BCUT2D eigenvalue weighted by molar-refractivity contribution is -0.160. The number of piperidine rings is 1. The highest BCUT2D eigenvalue weighted by Crippen LogP contribution is 2.43. The lowest BCUT2D eigenvalue weighted by Gasteiger charge is -2.44. The van der Waals surface area contributed by atoms with E-state index in [-0.39, 0.29) is 28.9 Å². The Kier molecular flexibility index (Phi) is 6.50. The molecule has 0 atom stereocenters. The number of aromatic nitrogens is 1. The monoisotopic (exact) mass is 456 g/mol. The van der Waals surface area contributed by atoms with E-state index in [4.69, 9.17) is 18.7 Å². The molecule has 0 bridgehead atoms. The lowest BCUT2D eigenvalue weighted by atomic mass is 9.68. The summed E-state index contributed by atoms with van der Waals surface area (Å²) < 4.78 is 58.6. The fourth-order valence-electron chi connectivity index (χ4n) is 4.50. The molecule has 0 amide bonds. The number of hydrogen-bond donors (Lipinski definition) is 0. The zero-order valence-corrected chi connectivity index (χ0v) is 18.0. The van der Waals surface area contributed by atoms with Crippen LogP contribution in [0.25, 0.3) is 11.0 Å². The first-order chi connectivity index (χ1) is 15.3. The molecule has 176 valence electrons. The second-order valence-corrected chi connectivity index (χ2v) is 8.68. The van der Waals surface area contributed by atoms with Gasteiger partial charge in [0.25, 0.3) is 5.88 Å². The quantitative estimate of drug-likeness (QED) is 0.551. The van der Waals surface area contributed by atoms with Gasteiger partial charge in [-0.1, -0.05) is 12.5 Å². The average Bonchev–Trinajstić information content (AvgIpc) is 3.17. The molecule has 7 nitrogen and oxygen atoms in total. The number of methoxy groups -OCH3 is 1. The van der Waals surface area contributed by atoms with E-state index in [0.29, 0.717) is 17.6 Å². The highest BCUT2D eigenvalue weighted by Gasteiger charge is 2.46. The number of halogens is 3. The molecule has 1 aliphatic heterocycles. The molecule has 1 aromatic carbocycles. The Morgan fingerprint density at radius 2 is 2.00 bits per heavy atom. The molecule has 1 saturated carbocycles. The van der Waals surface area contributed by atoms with E-state index in [1.165, 1.54) is 13.2 Å². The van der Waals surface area contributed by atoms with E-state index in [2.05, 4.69) is 10.1 Å². The fraction of sp³-hybridized carbons (Fsp3) is 0.636. The van der Waals surface area contributed by atoms with Crippen LogP contribution in [0.3, 0.4) is 0 Å². The summed E-state index contributed by atoms with van der Waals surface area (Å²) >= 11 is 0. The summed E-state index contributed by atoms with van der Waals surface area (Å²) in [5.41, 5.74) is -0.0482. The molecule has 32 heavy (non-hydrogen) atoms. The molecule has 4 rings (SSSR count). The van der Waals surface area contributed by atoms with Crippen LogP contribution in [-0.4, -0.2) is 62.2 Å². The third kappa shape index (κ3) is 4.95. The summed E-state index contributed by atoms with van der Waals surface area (Å²) in [6, 6.07) is 4.59. The van der Waals surface area contributed by atoms with Crippen LogP contribution in [0.1, 0.15) is 32.1 Å². The van der Waals surface area contributed by atoms with E-state index in [0.717, 1.165) is 51.7 Å². The number of carbonyl (C=O) groups is 1. The molecule has 2 aromatic rings. The van der Waals surface area contributed by atoms with E-state index < -0.39 is 12.8 Å². The maximum absolute atomic E-state index is 12.6. The van der Waals surface area contributed by atoms with Crippen molar-refractivity contribution < 1.29 is 36.7 Å². The minimum absolute atomic E-state index is 0.0273. The van der Waals surface area contributed by atoms with Crippen LogP contribution in [0, 0.1) is 11.3 Å². The van der Waals surface area contributed by atoms with Crippen molar-refractivity contribution in [3.63, 3.8) is 0 Å². The van der Waals surface area contributed by atoms with Crippen LogP contribution in [-0.2, 0) is 9.53 Å². The number of ether oxygens (including phenoxy) is 3. The van der Waals surface area contributed by atoms with Crippen molar-refractivity contribution in [2.75, 3.05) is 40.0 Å². The maximum Gasteiger partial charge on any atom is 0.422 e. The second kappa shape index (κ2) is 9.17. The Morgan fingerprint density at radius 1 is 1.25 bits per heavy atom. The summed E-state index contributed by atoms with van der Waals surface area (Å²) in [6.45, 7) is 1.41. The van der Waals surface area contributed by atoms with Crippen molar-refractivity contribution in [1.82, 2.24) is 10.1 Å². The van der Waals surface area contributed by atoms with Crippen molar-refractivity contribution in [2.45, 2.75) is 38.3 Å². The van der Waals surface area contributed by atoms with Gasteiger partial charge >= 0.3 is 12.1 Å². The smallest absolute Gasteiger partial charge is 0.422 e. The van der Waals surface area contributed by atoms with Gasteiger partial charge in [0, 0.05) is 6.54 Å². The summed E-state index contributed by atoms with van der Waals surface area (Å²) in [4.78, 5) is 14.5. The topological polar surface area (TPSA) is 74.0 Å². The Bertz CT molecular complexity index is 933. The standard InChI is InChI=1S/C22H27F3N2O5/c1-29-20(28)21(8-3-9-21)13-27-10-6-15(7-11-27)12-30-19-18-16(31-14-22(23,24)25)4-2-5-17(18)32-26-19/h2,4-5,15H,3,6-14H2,1H3. The first kappa shape index (κ1) is 22.7. The summed E-state index contributed by atoms with van der Waals surface area (Å²) in [6.07, 6.45) is 0.149. The number of alkyl halides is 3. The normalized spacial score (nSPS) is 19.5. The highest BCUT2D eigenvalue weighted by atomic mass is 19.4. The predicted molar refractivity (Wildman–Crippen MR) is 109 cm³/mol. The largest absolute Gasteiger partial charge is 0.483 e. The molecular formula is C22H27F3N2O5. The lowest BCUT2D eigenvalue weighted by Crippen LogP contribution is -2.50. The van der Waals surface area contributed by atoms with Crippen molar-refractivity contribution >= 4 is 16.9 Å². The van der Waals surface area contributed by atoms with Crippen LogP contribution in [0.15, 0.2) is 22.7 Å². The number of rotatable bonds is 8. The Labute approximate surface area is 183 Å². The van der Waals surface area contributed by atoms with Crippen LogP contribution < -0.4 is 9.47 Å². The second-order valence-electron chi connectivity index (χ2n) is 8.68. The molecule has 1 saturated heterocycles. The van der Waals surface area contributed by atoms with Gasteiger partial charge in [-0.15, -0.1) is 0 Å². The number of esters is 1. The maximum atomic E-state index is 12.6. The van der Waals surface area contributed by atoms with Crippen molar-refractivity contribution in [2.24, 2.45) is 11.3 Å². The van der Waals surface area contributed by atoms with Crippen LogP contribution in [0.4, 0.5) is 13.2 Å². The zero-order chi connectivity index (χ0) is 22.8. The van der Waals surface area contributed by atoms with Crippen LogP contribution in [0.5, 0.6) is 11.6 Å². The molecule has 10 heteroatoms. The van der Waals surface area contributed by atoms with Crippen molar-refractivity contribution in [3.05, 3.63) is 18.2 Å². The average molecular weight is 456 g/mol. The van der Waals surface area contributed by atoms with E-state index in [1.807, 2.05) is 0 Å². The molecular weight excluding hydrogens is 429 g/mol. The van der Waals surface area contributed by atoms with E-state index in [9.17, 15) is 18.0 Å². The van der Waals surface area contributed by atoms with Gasteiger partial charge < -0.3 is 23.6 Å². The minimum Gasteiger partial charge on any atom is -0.483 e. The minimum atomic E-state index is -4.44. The van der Waals surface area contributed by atoms with Gasteiger partial charge in [-0.05, 0) is 62.0 Å². The summed E-state index contributed by atoms with van der Waals surface area (Å²) in [5.74, 6) is 0.325. The van der Waals surface area contributed by atoms with Gasteiger partial charge in [-0.25, -0.2) is 0 Å². The summed E-state index contributed by atoms with van der Waals surface area (Å²) in [7, 11) is 1.44. The third-order valence-electron chi connectivity index (χ3n) is 6.44. The molecule has 1 aromatic heterocycles. The van der Waals surface area contributed by atoms with Gasteiger partial charge in [0.05, 0.1) is 19.1 Å². The van der Waals surface area contributed by atoms with Crippen molar-refractivity contribution in [3.8, 4) is 11.6 Å². The van der Waals surface area contributed by atoms with Crippen molar-refractivity contribution in [1.29, 1.82) is 0 Å². The van der Waals surface area contributed by atoms with E-state index in [1.54, 1.807) is 12.1 Å². The first-order valence-electron chi connectivity index (χ1n) is 10.8. The number of hydrogen-bond acceptors (Lipinski definition) is 7. The molecule has 1 aliphatic carbocycles. The third-order valence-corrected chi connectivity index (χ3v) is 6.44. The van der Waals surface area contributed by atoms with Crippen LogP contribution in [0.2, 0.25) is 0 Å². The SMILES string of the molecule is COC(=O)C1(CN2CCC(COc3noc4cccc(OCC(F)(F)F)c34)CC2)CCC1. The number of fused-ring (bicyclic) bond motifs is 1. The number of benzene rings is 1. The van der Waals surface area contributed by atoms with Gasteiger partial charge in [0.15, 0.2) is 12.2 Å². The highest BCUT2D eigenvalue weighted by molar-refractivity contribution is 5.88. The predicted octanol–water partition coefficient (Wildman–Crippen LogP) is 4.20. The van der Waals surface area contributed by atoms with Gasteiger partial charge in [-0.2, -0.15) is 13.2 Å². The molecule has 0 spiro atoms. The van der Waals surface area contributed by atoms with Gasteiger partial charge in [0.2, 0.25) is 0 Å². The molecule has 0 unspecified atom stereocenters. The Hall–Kier alpha value is -2.49. The molecule has 2 heterocycles. The summed E-state index contributed by atoms with van der Waals surface area (Å²) in [5, 5.41) is 4.18. The molecule has 2 fully saturated rings. The fourth-order valence-corrected chi connectivity index (χ4v) is 4.50. The first-order valence-corrected chi connectivity index (χ1v) is 10.8.